The molecular formula is C12H19NO4. The van der Waals surface area contributed by atoms with Crippen LogP contribution < -0.4 is 0 Å². The molecule has 2 atom stereocenters. The summed E-state index contributed by atoms with van der Waals surface area (Å²) in [6.45, 7) is 1.28. The number of hydrogen-bond acceptors (Lipinski definition) is 4. The van der Waals surface area contributed by atoms with Crippen LogP contribution in [0, 0.1) is 0 Å². The number of amides is 1. The lowest BCUT2D eigenvalue weighted by molar-refractivity contribution is -0.158. The van der Waals surface area contributed by atoms with Crippen LogP contribution in [-0.4, -0.2) is 49.2 Å². The van der Waals surface area contributed by atoms with Crippen molar-refractivity contribution >= 4 is 11.9 Å². The van der Waals surface area contributed by atoms with E-state index in [9.17, 15) is 9.59 Å². The van der Waals surface area contributed by atoms with Gasteiger partial charge in [0, 0.05) is 13.2 Å². The third-order valence-corrected chi connectivity index (χ3v) is 3.46. The maximum Gasteiger partial charge on any atom is 0.328 e. The van der Waals surface area contributed by atoms with Gasteiger partial charge in [-0.15, -0.1) is 0 Å². The van der Waals surface area contributed by atoms with Crippen LogP contribution in [0.3, 0.4) is 0 Å². The van der Waals surface area contributed by atoms with Gasteiger partial charge in [-0.05, 0) is 32.1 Å². The van der Waals surface area contributed by atoms with Crippen LogP contribution >= 0.6 is 0 Å². The fourth-order valence-corrected chi connectivity index (χ4v) is 2.53. The number of likely N-dealkylation sites (tertiary alicyclic amines) is 1. The third-order valence-electron chi connectivity index (χ3n) is 3.46. The standard InChI is InChI=1S/C12H19NO4/c1-16-12(15)9-5-2-3-7-13(9)11(14)10-6-4-8-17-10/h9-10H,2-8H2,1H3/t9?,10-/m1/s1. The second-order valence-corrected chi connectivity index (χ2v) is 4.57. The van der Waals surface area contributed by atoms with Gasteiger partial charge in [-0.2, -0.15) is 0 Å². The summed E-state index contributed by atoms with van der Waals surface area (Å²) in [7, 11) is 1.37. The summed E-state index contributed by atoms with van der Waals surface area (Å²) in [5.41, 5.74) is 0. The zero-order chi connectivity index (χ0) is 12.3. The highest BCUT2D eigenvalue weighted by molar-refractivity contribution is 5.87. The summed E-state index contributed by atoms with van der Waals surface area (Å²) < 4.78 is 10.1. The number of hydrogen-bond donors (Lipinski definition) is 0. The Balaban J connectivity index is 2.04. The molecule has 1 amide bonds. The summed E-state index contributed by atoms with van der Waals surface area (Å²) >= 11 is 0. The van der Waals surface area contributed by atoms with E-state index in [0.29, 0.717) is 19.6 Å². The first-order chi connectivity index (χ1) is 8.24. The van der Waals surface area contributed by atoms with Crippen LogP contribution in [0.2, 0.25) is 0 Å². The van der Waals surface area contributed by atoms with Crippen LogP contribution in [0.1, 0.15) is 32.1 Å². The molecule has 2 aliphatic rings. The van der Waals surface area contributed by atoms with E-state index in [0.717, 1.165) is 25.7 Å². The van der Waals surface area contributed by atoms with Gasteiger partial charge in [0.15, 0.2) is 0 Å². The SMILES string of the molecule is COC(=O)C1CCCCN1C(=O)[C@H]1CCCO1. The first kappa shape index (κ1) is 12.4. The molecule has 2 rings (SSSR count). The van der Waals surface area contributed by atoms with E-state index in [-0.39, 0.29) is 18.0 Å². The van der Waals surface area contributed by atoms with Gasteiger partial charge in [-0.1, -0.05) is 0 Å². The zero-order valence-electron chi connectivity index (χ0n) is 10.2. The Morgan fingerprint density at radius 2 is 2.06 bits per heavy atom. The van der Waals surface area contributed by atoms with Gasteiger partial charge in [0.2, 0.25) is 0 Å². The van der Waals surface area contributed by atoms with Crippen molar-refractivity contribution < 1.29 is 19.1 Å². The Kier molecular flexibility index (Phi) is 3.99. The highest BCUT2D eigenvalue weighted by Gasteiger charge is 2.37. The molecule has 2 aliphatic heterocycles. The molecule has 0 aromatic rings. The average Bonchev–Trinajstić information content (AvgIpc) is 2.91. The maximum atomic E-state index is 12.2. The summed E-state index contributed by atoms with van der Waals surface area (Å²) in [5, 5.41) is 0. The Hall–Kier alpha value is -1.10. The van der Waals surface area contributed by atoms with Crippen molar-refractivity contribution in [3.8, 4) is 0 Å². The zero-order valence-corrected chi connectivity index (χ0v) is 10.2. The normalized spacial score (nSPS) is 29.1. The van der Waals surface area contributed by atoms with Crippen LogP contribution in [0.5, 0.6) is 0 Å². The molecule has 2 fully saturated rings. The predicted molar refractivity (Wildman–Crippen MR) is 60.3 cm³/mol. The second-order valence-electron chi connectivity index (χ2n) is 4.57. The number of nitrogens with zero attached hydrogens (tertiary/aromatic N) is 1. The van der Waals surface area contributed by atoms with Crippen LogP contribution in [0.25, 0.3) is 0 Å². The quantitative estimate of drug-likeness (QED) is 0.668. The minimum absolute atomic E-state index is 0.0439. The van der Waals surface area contributed by atoms with Gasteiger partial charge in [0.1, 0.15) is 12.1 Å². The van der Waals surface area contributed by atoms with Gasteiger partial charge >= 0.3 is 5.97 Å². The molecule has 0 N–H and O–H groups in total. The van der Waals surface area contributed by atoms with E-state index in [1.807, 2.05) is 0 Å². The van der Waals surface area contributed by atoms with Crippen LogP contribution in [-0.2, 0) is 19.1 Å². The van der Waals surface area contributed by atoms with Crippen molar-refractivity contribution in [2.75, 3.05) is 20.3 Å². The highest BCUT2D eigenvalue weighted by Crippen LogP contribution is 2.22. The first-order valence-electron chi connectivity index (χ1n) is 6.24. The van der Waals surface area contributed by atoms with Crippen molar-refractivity contribution in [2.45, 2.75) is 44.2 Å². The number of piperidine rings is 1. The molecule has 0 spiro atoms. The predicted octanol–water partition coefficient (Wildman–Crippen LogP) is 0.719. The largest absolute Gasteiger partial charge is 0.467 e. The van der Waals surface area contributed by atoms with Crippen molar-refractivity contribution in [3.63, 3.8) is 0 Å². The van der Waals surface area contributed by atoms with E-state index in [1.165, 1.54) is 7.11 Å². The topological polar surface area (TPSA) is 55.8 Å². The summed E-state index contributed by atoms with van der Waals surface area (Å²) in [4.78, 5) is 25.5. The van der Waals surface area contributed by atoms with Gasteiger partial charge in [-0.25, -0.2) is 4.79 Å². The van der Waals surface area contributed by atoms with Gasteiger partial charge in [0.25, 0.3) is 5.91 Å². The summed E-state index contributed by atoms with van der Waals surface area (Å²) in [6, 6.07) is -0.412. The van der Waals surface area contributed by atoms with Crippen LogP contribution in [0.4, 0.5) is 0 Å². The average molecular weight is 241 g/mol. The van der Waals surface area contributed by atoms with E-state index in [2.05, 4.69) is 0 Å². The second kappa shape index (κ2) is 5.49. The Labute approximate surface area is 101 Å². The van der Waals surface area contributed by atoms with Crippen LogP contribution in [0.15, 0.2) is 0 Å². The van der Waals surface area contributed by atoms with Gasteiger partial charge in [0.05, 0.1) is 7.11 Å². The number of carbonyl (C=O) groups is 2. The third kappa shape index (κ3) is 2.60. The van der Waals surface area contributed by atoms with E-state index < -0.39 is 6.04 Å². The molecule has 0 saturated carbocycles. The minimum atomic E-state index is -0.412. The number of methoxy groups -OCH3 is 1. The number of carbonyl (C=O) groups excluding carboxylic acids is 2. The van der Waals surface area contributed by atoms with E-state index in [1.54, 1.807) is 4.90 Å². The minimum Gasteiger partial charge on any atom is -0.467 e. The highest BCUT2D eigenvalue weighted by atomic mass is 16.5. The smallest absolute Gasteiger partial charge is 0.328 e. The molecule has 0 bridgehead atoms. The maximum absolute atomic E-state index is 12.2. The lowest BCUT2D eigenvalue weighted by Gasteiger charge is -2.35. The fraction of sp³-hybridized carbons (Fsp3) is 0.833. The molecule has 0 radical (unpaired) electrons. The molecule has 5 nitrogen and oxygen atoms in total. The summed E-state index contributed by atoms with van der Waals surface area (Å²) in [6.07, 6.45) is 3.96. The lowest BCUT2D eigenvalue weighted by Crippen LogP contribution is -2.51. The lowest BCUT2D eigenvalue weighted by atomic mass is 10.0. The van der Waals surface area contributed by atoms with Gasteiger partial charge in [-0.3, -0.25) is 4.79 Å². The van der Waals surface area contributed by atoms with E-state index >= 15 is 0 Å². The number of esters is 1. The molecule has 0 aromatic carbocycles. The number of rotatable bonds is 2. The molecule has 2 heterocycles. The van der Waals surface area contributed by atoms with E-state index in [4.69, 9.17) is 9.47 Å². The molecule has 2 saturated heterocycles. The first-order valence-corrected chi connectivity index (χ1v) is 6.24. The molecule has 0 aromatic heterocycles. The molecule has 1 unspecified atom stereocenters. The van der Waals surface area contributed by atoms with Crippen molar-refractivity contribution in [2.24, 2.45) is 0 Å². The Morgan fingerprint density at radius 3 is 2.71 bits per heavy atom. The van der Waals surface area contributed by atoms with Crippen molar-refractivity contribution in [1.29, 1.82) is 0 Å². The molecule has 17 heavy (non-hydrogen) atoms. The Morgan fingerprint density at radius 1 is 1.24 bits per heavy atom. The molecule has 5 heteroatoms. The monoisotopic (exact) mass is 241 g/mol. The number of ether oxygens (including phenoxy) is 2. The summed E-state index contributed by atoms with van der Waals surface area (Å²) in [5.74, 6) is -0.353. The Bertz CT molecular complexity index is 299. The fourth-order valence-electron chi connectivity index (χ4n) is 2.53. The van der Waals surface area contributed by atoms with Gasteiger partial charge < -0.3 is 14.4 Å². The molecule has 0 aliphatic carbocycles. The molecule has 96 valence electrons. The molecular weight excluding hydrogens is 222 g/mol. The van der Waals surface area contributed by atoms with Crippen molar-refractivity contribution in [1.82, 2.24) is 4.90 Å². The van der Waals surface area contributed by atoms with Crippen molar-refractivity contribution in [3.05, 3.63) is 0 Å².